The fraction of sp³-hybridized carbons (Fsp3) is 0.538. The van der Waals surface area contributed by atoms with E-state index in [2.05, 4.69) is 0 Å². The van der Waals surface area contributed by atoms with Crippen molar-refractivity contribution in [2.24, 2.45) is 5.73 Å². The van der Waals surface area contributed by atoms with Crippen LogP contribution < -0.4 is 5.73 Å². The lowest BCUT2D eigenvalue weighted by Crippen LogP contribution is -2.31. The molecule has 6 heteroatoms. The van der Waals surface area contributed by atoms with E-state index in [1.165, 1.54) is 6.07 Å². The van der Waals surface area contributed by atoms with Crippen LogP contribution in [0.5, 0.6) is 0 Å². The van der Waals surface area contributed by atoms with Gasteiger partial charge in [0.1, 0.15) is 5.82 Å². The van der Waals surface area contributed by atoms with E-state index in [0.717, 1.165) is 30.9 Å². The average molecular weight is 303 g/mol. The van der Waals surface area contributed by atoms with Gasteiger partial charge in [-0.05, 0) is 43.7 Å². The van der Waals surface area contributed by atoms with Gasteiger partial charge in [0, 0.05) is 17.7 Å². The molecule has 106 valence electrons. The zero-order chi connectivity index (χ0) is 14.4. The first kappa shape index (κ1) is 14.8. The van der Waals surface area contributed by atoms with Crippen LogP contribution in [-0.2, 0) is 15.3 Å². The molecule has 1 aliphatic carbocycles. The van der Waals surface area contributed by atoms with Crippen molar-refractivity contribution >= 4 is 21.6 Å². The Morgan fingerprint density at radius 2 is 2.00 bits per heavy atom. The maximum absolute atomic E-state index is 14.1. The summed E-state index contributed by atoms with van der Waals surface area (Å²) >= 11 is 1.11. The zero-order valence-corrected chi connectivity index (χ0v) is 12.9. The number of benzene rings is 1. The van der Waals surface area contributed by atoms with E-state index in [-0.39, 0.29) is 21.2 Å². The van der Waals surface area contributed by atoms with Crippen molar-refractivity contribution in [1.29, 1.82) is 0 Å². The third-order valence-electron chi connectivity index (χ3n) is 3.85. The molecule has 0 spiro atoms. The first-order valence-electron chi connectivity index (χ1n) is 6.06. The van der Waals surface area contributed by atoms with Gasteiger partial charge >= 0.3 is 0 Å². The highest BCUT2D eigenvalue weighted by molar-refractivity contribution is 7.99. The van der Waals surface area contributed by atoms with E-state index in [4.69, 9.17) is 5.73 Å². The minimum atomic E-state index is -3.45. The minimum Gasteiger partial charge on any atom is -0.327 e. The summed E-state index contributed by atoms with van der Waals surface area (Å²) in [5.74, 6) is -0.475. The van der Waals surface area contributed by atoms with Gasteiger partial charge in [0.25, 0.3) is 0 Å². The molecule has 0 aliphatic heterocycles. The highest BCUT2D eigenvalue weighted by Gasteiger charge is 2.48. The molecule has 0 bridgehead atoms. The zero-order valence-electron chi connectivity index (χ0n) is 11.2. The SMILES string of the molecule is CSc1c(F)cc(C2(C(C)N)CC2)cc1S(C)(=O)=O. The molecule has 1 aromatic rings. The molecule has 0 heterocycles. The summed E-state index contributed by atoms with van der Waals surface area (Å²) in [6.07, 6.45) is 4.54. The average Bonchev–Trinajstić information content (AvgIpc) is 3.07. The van der Waals surface area contributed by atoms with Crippen LogP contribution >= 0.6 is 11.8 Å². The van der Waals surface area contributed by atoms with Crippen molar-refractivity contribution in [3.8, 4) is 0 Å². The molecule has 0 radical (unpaired) electrons. The second-order valence-corrected chi connectivity index (χ2v) is 8.01. The number of halogens is 1. The Kier molecular flexibility index (Phi) is 3.70. The van der Waals surface area contributed by atoms with Crippen molar-refractivity contribution in [1.82, 2.24) is 0 Å². The predicted octanol–water partition coefficient (Wildman–Crippen LogP) is 2.33. The fourth-order valence-electron chi connectivity index (χ4n) is 2.47. The van der Waals surface area contributed by atoms with E-state index in [1.54, 1.807) is 12.3 Å². The highest BCUT2D eigenvalue weighted by atomic mass is 32.2. The summed E-state index contributed by atoms with van der Waals surface area (Å²) in [7, 11) is -3.45. The lowest BCUT2D eigenvalue weighted by atomic mass is 9.89. The van der Waals surface area contributed by atoms with Crippen molar-refractivity contribution in [2.75, 3.05) is 12.5 Å². The summed E-state index contributed by atoms with van der Waals surface area (Å²) < 4.78 is 37.8. The first-order chi connectivity index (χ1) is 8.72. The Bertz CT molecular complexity index is 607. The summed E-state index contributed by atoms with van der Waals surface area (Å²) in [5, 5.41) is 0. The summed E-state index contributed by atoms with van der Waals surface area (Å²) in [6.45, 7) is 1.88. The van der Waals surface area contributed by atoms with Gasteiger partial charge < -0.3 is 5.73 Å². The lowest BCUT2D eigenvalue weighted by molar-refractivity contribution is 0.535. The van der Waals surface area contributed by atoms with Crippen molar-refractivity contribution < 1.29 is 12.8 Å². The molecule has 0 saturated heterocycles. The third kappa shape index (κ3) is 2.53. The van der Waals surface area contributed by atoms with E-state index < -0.39 is 15.7 Å². The van der Waals surface area contributed by atoms with Crippen molar-refractivity contribution in [2.45, 2.75) is 41.0 Å². The largest absolute Gasteiger partial charge is 0.327 e. The fourth-order valence-corrected chi connectivity index (χ4v) is 4.46. The summed E-state index contributed by atoms with van der Waals surface area (Å²) in [6, 6.07) is 2.93. The molecule has 1 unspecified atom stereocenters. The smallest absolute Gasteiger partial charge is 0.176 e. The molecular weight excluding hydrogens is 285 g/mol. The van der Waals surface area contributed by atoms with Gasteiger partial charge in [-0.15, -0.1) is 11.8 Å². The first-order valence-corrected chi connectivity index (χ1v) is 9.17. The lowest BCUT2D eigenvalue weighted by Gasteiger charge is -2.21. The number of thioether (sulfide) groups is 1. The molecule has 3 nitrogen and oxygen atoms in total. The van der Waals surface area contributed by atoms with E-state index in [0.29, 0.717) is 5.56 Å². The van der Waals surface area contributed by atoms with Crippen LogP contribution in [0.15, 0.2) is 21.9 Å². The Morgan fingerprint density at radius 1 is 1.42 bits per heavy atom. The quantitative estimate of drug-likeness (QED) is 0.867. The van der Waals surface area contributed by atoms with Gasteiger partial charge in [-0.3, -0.25) is 0 Å². The van der Waals surface area contributed by atoms with Crippen LogP contribution in [0.1, 0.15) is 25.3 Å². The van der Waals surface area contributed by atoms with Gasteiger partial charge in [0.05, 0.1) is 9.79 Å². The van der Waals surface area contributed by atoms with Crippen LogP contribution in [0.3, 0.4) is 0 Å². The number of sulfone groups is 1. The molecular formula is C13H18FNO2S2. The molecule has 0 amide bonds. The second-order valence-electron chi connectivity index (χ2n) is 5.21. The van der Waals surface area contributed by atoms with E-state index >= 15 is 0 Å². The van der Waals surface area contributed by atoms with Gasteiger partial charge in [0.15, 0.2) is 9.84 Å². The topological polar surface area (TPSA) is 60.2 Å². The molecule has 1 aliphatic rings. The number of nitrogens with two attached hydrogens (primary N) is 1. The van der Waals surface area contributed by atoms with Gasteiger partial charge in [-0.2, -0.15) is 0 Å². The number of hydrogen-bond acceptors (Lipinski definition) is 4. The van der Waals surface area contributed by atoms with Gasteiger partial charge in [-0.1, -0.05) is 0 Å². The standard InChI is InChI=1S/C13H18FNO2S2/c1-8(15)13(4-5-13)9-6-10(14)12(18-2)11(7-9)19(3,16)17/h6-8H,4-5,15H2,1-3H3. The third-order valence-corrected chi connectivity index (χ3v) is 5.92. The number of rotatable bonds is 4. The Morgan fingerprint density at radius 3 is 2.37 bits per heavy atom. The molecule has 2 rings (SSSR count). The van der Waals surface area contributed by atoms with Crippen molar-refractivity contribution in [3.05, 3.63) is 23.5 Å². The van der Waals surface area contributed by atoms with Crippen LogP contribution in [0.25, 0.3) is 0 Å². The molecule has 2 N–H and O–H groups in total. The minimum absolute atomic E-state index is 0.0712. The van der Waals surface area contributed by atoms with Gasteiger partial charge in [-0.25, -0.2) is 12.8 Å². The van der Waals surface area contributed by atoms with E-state index in [9.17, 15) is 12.8 Å². The Hall–Kier alpha value is -0.590. The maximum Gasteiger partial charge on any atom is 0.176 e. The maximum atomic E-state index is 14.1. The molecule has 1 atom stereocenters. The number of hydrogen-bond donors (Lipinski definition) is 1. The summed E-state index contributed by atoms with van der Waals surface area (Å²) in [5.41, 5.74) is 6.42. The van der Waals surface area contributed by atoms with Crippen LogP contribution in [0, 0.1) is 5.82 Å². The monoisotopic (exact) mass is 303 g/mol. The Labute approximate surface area is 117 Å². The predicted molar refractivity (Wildman–Crippen MR) is 75.9 cm³/mol. The molecule has 1 aromatic carbocycles. The normalized spacial score (nSPS) is 19.2. The molecule has 0 aromatic heterocycles. The van der Waals surface area contributed by atoms with Crippen LogP contribution in [0.2, 0.25) is 0 Å². The summed E-state index contributed by atoms with van der Waals surface area (Å²) in [4.78, 5) is 0.258. The van der Waals surface area contributed by atoms with Gasteiger partial charge in [0.2, 0.25) is 0 Å². The van der Waals surface area contributed by atoms with Crippen molar-refractivity contribution in [3.63, 3.8) is 0 Å². The molecule has 1 saturated carbocycles. The van der Waals surface area contributed by atoms with Crippen LogP contribution in [-0.4, -0.2) is 27.0 Å². The second kappa shape index (κ2) is 4.75. The molecule has 19 heavy (non-hydrogen) atoms. The van der Waals surface area contributed by atoms with E-state index in [1.807, 2.05) is 6.92 Å². The highest BCUT2D eigenvalue weighted by Crippen LogP contribution is 2.51. The Balaban J connectivity index is 2.65. The van der Waals surface area contributed by atoms with Crippen LogP contribution in [0.4, 0.5) is 4.39 Å². The molecule has 1 fully saturated rings.